The van der Waals surface area contributed by atoms with Crippen LogP contribution in [0.15, 0.2) is 54.6 Å². The predicted octanol–water partition coefficient (Wildman–Crippen LogP) is 7.80. The fraction of sp³-hybridized carbons (Fsp3) is 0.600. The first-order valence-electron chi connectivity index (χ1n) is 18.0. The van der Waals surface area contributed by atoms with Gasteiger partial charge in [-0.05, 0) is 89.5 Å². The zero-order valence-corrected chi connectivity index (χ0v) is 32.6. The highest BCUT2D eigenvalue weighted by molar-refractivity contribution is 7.98. The van der Waals surface area contributed by atoms with E-state index in [-0.39, 0.29) is 18.9 Å². The Hall–Kier alpha value is -3.53. The summed E-state index contributed by atoms with van der Waals surface area (Å²) in [6, 6.07) is 14.1. The van der Waals surface area contributed by atoms with E-state index in [1.165, 1.54) is 0 Å². The Morgan fingerprint density at radius 3 is 1.94 bits per heavy atom. The van der Waals surface area contributed by atoms with Crippen LogP contribution in [-0.2, 0) is 36.7 Å². The lowest BCUT2D eigenvalue weighted by molar-refractivity contribution is -0.159. The van der Waals surface area contributed by atoms with E-state index >= 15 is 0 Å². The average molecular weight is 712 g/mol. The monoisotopic (exact) mass is 711 g/mol. The fourth-order valence-corrected chi connectivity index (χ4v) is 5.94. The number of aryl methyl sites for hydroxylation is 1. The minimum Gasteiger partial charge on any atom is -0.458 e. The van der Waals surface area contributed by atoms with Crippen molar-refractivity contribution in [2.75, 3.05) is 18.6 Å². The molecule has 2 aromatic carbocycles. The SMILES string of the molecule is CCCCCCCN(C(=O)C(CCSC)NC(=O)OC(C)(C)C)C(C(=O)NC(Cc1ccccc1)C(=O)OC(C)(C)C)c1ccc(CC)cc1. The van der Waals surface area contributed by atoms with Gasteiger partial charge in [0.25, 0.3) is 0 Å². The van der Waals surface area contributed by atoms with Crippen molar-refractivity contribution in [3.63, 3.8) is 0 Å². The Morgan fingerprint density at radius 2 is 1.38 bits per heavy atom. The van der Waals surface area contributed by atoms with Crippen molar-refractivity contribution in [2.45, 2.75) is 136 Å². The number of ether oxygens (including phenoxy) is 2. The highest BCUT2D eigenvalue weighted by Gasteiger charge is 2.38. The van der Waals surface area contributed by atoms with Crippen molar-refractivity contribution >= 4 is 35.6 Å². The first-order valence-corrected chi connectivity index (χ1v) is 19.4. The molecule has 0 saturated heterocycles. The van der Waals surface area contributed by atoms with Crippen LogP contribution in [0.2, 0.25) is 0 Å². The molecule has 0 aliphatic carbocycles. The highest BCUT2D eigenvalue weighted by atomic mass is 32.2. The maximum atomic E-state index is 14.7. The summed E-state index contributed by atoms with van der Waals surface area (Å²) < 4.78 is 11.3. The van der Waals surface area contributed by atoms with Crippen LogP contribution < -0.4 is 10.6 Å². The average Bonchev–Trinajstić information content (AvgIpc) is 3.04. The van der Waals surface area contributed by atoms with Crippen molar-refractivity contribution in [3.8, 4) is 0 Å². The van der Waals surface area contributed by atoms with Crippen molar-refractivity contribution in [3.05, 3.63) is 71.3 Å². The maximum Gasteiger partial charge on any atom is 0.408 e. The molecule has 2 rings (SSSR count). The summed E-state index contributed by atoms with van der Waals surface area (Å²) in [5, 5.41) is 5.80. The summed E-state index contributed by atoms with van der Waals surface area (Å²) in [5.74, 6) is -0.825. The minimum atomic E-state index is -1.07. The number of rotatable bonds is 19. The van der Waals surface area contributed by atoms with Gasteiger partial charge in [-0.25, -0.2) is 9.59 Å². The van der Waals surface area contributed by atoms with Crippen LogP contribution in [0.3, 0.4) is 0 Å². The molecule has 3 unspecified atom stereocenters. The lowest BCUT2D eigenvalue weighted by Gasteiger charge is -2.35. The third kappa shape index (κ3) is 15.6. The van der Waals surface area contributed by atoms with Crippen LogP contribution in [0.1, 0.15) is 117 Å². The van der Waals surface area contributed by atoms with Gasteiger partial charge in [-0.2, -0.15) is 11.8 Å². The van der Waals surface area contributed by atoms with E-state index < -0.39 is 47.3 Å². The molecule has 0 aliphatic rings. The zero-order valence-electron chi connectivity index (χ0n) is 31.8. The Kier molecular flexibility index (Phi) is 17.9. The molecule has 0 spiro atoms. The summed E-state index contributed by atoms with van der Waals surface area (Å²) in [6.45, 7) is 15.2. The Balaban J connectivity index is 2.64. The molecule has 10 heteroatoms. The largest absolute Gasteiger partial charge is 0.458 e. The molecule has 0 saturated carbocycles. The van der Waals surface area contributed by atoms with Gasteiger partial charge in [0.2, 0.25) is 11.8 Å². The molecule has 0 radical (unpaired) electrons. The number of nitrogens with zero attached hydrogens (tertiary/aromatic N) is 1. The molecule has 278 valence electrons. The number of carbonyl (C=O) groups is 4. The van der Waals surface area contributed by atoms with Crippen LogP contribution >= 0.6 is 11.8 Å². The summed E-state index contributed by atoms with van der Waals surface area (Å²) in [6.07, 6.45) is 7.32. The quantitative estimate of drug-likeness (QED) is 0.113. The Labute approximate surface area is 305 Å². The zero-order chi connectivity index (χ0) is 37.3. The summed E-state index contributed by atoms with van der Waals surface area (Å²) >= 11 is 1.56. The van der Waals surface area contributed by atoms with E-state index in [2.05, 4.69) is 24.5 Å². The number of hydrogen-bond acceptors (Lipinski definition) is 7. The number of carbonyl (C=O) groups excluding carboxylic acids is 4. The topological polar surface area (TPSA) is 114 Å². The number of thioether (sulfide) groups is 1. The number of esters is 1. The summed E-state index contributed by atoms with van der Waals surface area (Å²) in [4.78, 5) is 57.5. The number of nitrogens with one attached hydrogen (secondary N) is 2. The minimum absolute atomic E-state index is 0.213. The predicted molar refractivity (Wildman–Crippen MR) is 203 cm³/mol. The molecule has 0 aliphatic heterocycles. The van der Waals surface area contributed by atoms with Crippen molar-refractivity contribution < 1.29 is 28.7 Å². The summed E-state index contributed by atoms with van der Waals surface area (Å²) in [7, 11) is 0. The second-order valence-corrected chi connectivity index (χ2v) is 15.7. The molecule has 3 amide bonds. The van der Waals surface area contributed by atoms with E-state index in [0.29, 0.717) is 24.2 Å². The molecule has 0 aromatic heterocycles. The number of unbranched alkanes of at least 4 members (excludes halogenated alkanes) is 4. The number of benzene rings is 2. The van der Waals surface area contributed by atoms with Crippen molar-refractivity contribution in [1.82, 2.24) is 15.5 Å². The van der Waals surface area contributed by atoms with Crippen LogP contribution in [0, 0.1) is 0 Å². The molecule has 0 heterocycles. The fourth-order valence-electron chi connectivity index (χ4n) is 5.47. The second kappa shape index (κ2) is 21.0. The molecular weight excluding hydrogens is 651 g/mol. The molecule has 0 fully saturated rings. The van der Waals surface area contributed by atoms with Gasteiger partial charge in [-0.15, -0.1) is 0 Å². The first kappa shape index (κ1) is 42.6. The van der Waals surface area contributed by atoms with Gasteiger partial charge < -0.3 is 25.0 Å². The van der Waals surface area contributed by atoms with Gasteiger partial charge in [-0.3, -0.25) is 9.59 Å². The van der Waals surface area contributed by atoms with E-state index in [9.17, 15) is 19.2 Å². The lowest BCUT2D eigenvalue weighted by Crippen LogP contribution is -2.55. The third-order valence-electron chi connectivity index (χ3n) is 7.94. The maximum absolute atomic E-state index is 14.7. The Morgan fingerprint density at radius 1 is 0.760 bits per heavy atom. The van der Waals surface area contributed by atoms with E-state index in [4.69, 9.17) is 9.47 Å². The van der Waals surface area contributed by atoms with Gasteiger partial charge in [0, 0.05) is 13.0 Å². The lowest BCUT2D eigenvalue weighted by atomic mass is 9.98. The molecular formula is C40H61N3O6S. The van der Waals surface area contributed by atoms with E-state index in [1.54, 1.807) is 58.2 Å². The molecule has 0 bridgehead atoms. The van der Waals surface area contributed by atoms with Crippen molar-refractivity contribution in [2.24, 2.45) is 0 Å². The number of alkyl carbamates (subject to hydrolysis) is 1. The van der Waals surface area contributed by atoms with Crippen LogP contribution in [-0.4, -0.2) is 70.6 Å². The molecule has 2 N–H and O–H groups in total. The summed E-state index contributed by atoms with van der Waals surface area (Å²) in [5.41, 5.74) is 1.03. The third-order valence-corrected chi connectivity index (χ3v) is 8.58. The standard InChI is InChI=1S/C40H61N3O6S/c1-10-12-13-14-18-26-43(36(45)32(25-27-50-9)42-38(47)49-40(6,7)8)34(31-23-21-29(11-2)22-24-31)35(44)41-33(37(46)48-39(3,4)5)28-30-19-16-15-17-20-30/h15-17,19-24,32-34H,10-14,18,25-28H2,1-9H3,(H,41,44)(H,42,47). The molecule has 50 heavy (non-hydrogen) atoms. The van der Waals surface area contributed by atoms with Crippen molar-refractivity contribution in [1.29, 1.82) is 0 Å². The molecule has 2 aromatic rings. The van der Waals surface area contributed by atoms with Gasteiger partial charge >= 0.3 is 12.1 Å². The van der Waals surface area contributed by atoms with Crippen LogP contribution in [0.25, 0.3) is 0 Å². The number of amides is 3. The van der Waals surface area contributed by atoms with Gasteiger partial charge in [0.05, 0.1) is 0 Å². The molecule has 9 nitrogen and oxygen atoms in total. The normalized spacial score (nSPS) is 13.5. The molecule has 3 atom stereocenters. The Bertz CT molecular complexity index is 1340. The number of hydrogen-bond donors (Lipinski definition) is 2. The highest BCUT2D eigenvalue weighted by Crippen LogP contribution is 2.26. The van der Waals surface area contributed by atoms with Gasteiger partial charge in [-0.1, -0.05) is 94.1 Å². The van der Waals surface area contributed by atoms with Gasteiger partial charge in [0.15, 0.2) is 0 Å². The van der Waals surface area contributed by atoms with Crippen LogP contribution in [0.5, 0.6) is 0 Å². The second-order valence-electron chi connectivity index (χ2n) is 14.7. The first-order chi connectivity index (χ1) is 23.6. The van der Waals surface area contributed by atoms with Gasteiger partial charge in [0.1, 0.15) is 29.3 Å². The van der Waals surface area contributed by atoms with E-state index in [1.807, 2.05) is 60.9 Å². The van der Waals surface area contributed by atoms with Crippen LogP contribution in [0.4, 0.5) is 4.79 Å². The smallest absolute Gasteiger partial charge is 0.408 e. The van der Waals surface area contributed by atoms with E-state index in [0.717, 1.165) is 43.2 Å².